The number of ether oxygens (including phenoxy) is 1. The van der Waals surface area contributed by atoms with Crippen molar-refractivity contribution in [3.63, 3.8) is 0 Å². The van der Waals surface area contributed by atoms with Crippen molar-refractivity contribution in [3.8, 4) is 5.75 Å². The topological polar surface area (TPSA) is 29.5 Å². The number of anilines is 1. The number of hydrogen-bond acceptors (Lipinski definition) is 2. The van der Waals surface area contributed by atoms with E-state index in [1.807, 2.05) is 0 Å². The summed E-state index contributed by atoms with van der Waals surface area (Å²) in [6, 6.07) is 1.63. The lowest BCUT2D eigenvalue weighted by Gasteiger charge is -2.27. The van der Waals surface area contributed by atoms with Crippen LogP contribution in [0.3, 0.4) is 0 Å². The second-order valence-corrected chi connectivity index (χ2v) is 4.65. The van der Waals surface area contributed by atoms with Crippen LogP contribution in [0.5, 0.6) is 5.75 Å². The lowest BCUT2D eigenvalue weighted by atomic mass is 10.2. The van der Waals surface area contributed by atoms with Crippen LogP contribution < -0.4 is 9.64 Å². The predicted octanol–water partition coefficient (Wildman–Crippen LogP) is 3.11. The highest BCUT2D eigenvalue weighted by Gasteiger charge is 2.27. The fraction of sp³-hybridized carbons (Fsp3) is 0.222. The molecule has 3 nitrogen and oxygen atoms in total. The molecule has 1 aromatic rings. The van der Waals surface area contributed by atoms with Gasteiger partial charge in [0, 0.05) is 13.1 Å². The molecule has 0 saturated heterocycles. The monoisotopic (exact) mass is 309 g/mol. The van der Waals surface area contributed by atoms with E-state index >= 15 is 0 Å². The Morgan fingerprint density at radius 3 is 2.87 bits per heavy atom. The van der Waals surface area contributed by atoms with Gasteiger partial charge in [-0.2, -0.15) is 0 Å². The van der Waals surface area contributed by atoms with Gasteiger partial charge in [-0.15, -0.1) is 0 Å². The second-order valence-electron chi connectivity index (χ2n) is 3.07. The number of carbonyl (C=O) groups excluding carboxylic acids is 1. The van der Waals surface area contributed by atoms with Crippen molar-refractivity contribution in [3.05, 3.63) is 20.6 Å². The first-order valence-corrected chi connectivity index (χ1v) is 5.64. The number of amides is 1. The van der Waals surface area contributed by atoms with Gasteiger partial charge in [0.25, 0.3) is 5.91 Å². The molecule has 0 bridgehead atoms. The highest BCUT2D eigenvalue weighted by atomic mass is 79.9. The highest BCUT2D eigenvalue weighted by molar-refractivity contribution is 9.10. The molecule has 6 heteroatoms. The van der Waals surface area contributed by atoms with Gasteiger partial charge in [0.05, 0.1) is 14.5 Å². The molecule has 1 aliphatic heterocycles. The van der Waals surface area contributed by atoms with E-state index < -0.39 is 0 Å². The Bertz CT molecular complexity index is 450. The molecule has 0 unspecified atom stereocenters. The van der Waals surface area contributed by atoms with Crippen LogP contribution in [0, 0.1) is 0 Å². The molecule has 0 aromatic heterocycles. The SMILES string of the molecule is CN1C(=O)COc2cc(Cl)c(Br)c(Cl)c21. The van der Waals surface area contributed by atoms with Crippen molar-refractivity contribution in [2.45, 2.75) is 0 Å². The van der Waals surface area contributed by atoms with Crippen molar-refractivity contribution in [2.24, 2.45) is 0 Å². The highest BCUT2D eigenvalue weighted by Crippen LogP contribution is 2.45. The van der Waals surface area contributed by atoms with E-state index in [9.17, 15) is 4.79 Å². The van der Waals surface area contributed by atoms with Crippen LogP contribution in [-0.4, -0.2) is 19.6 Å². The lowest BCUT2D eigenvalue weighted by molar-refractivity contribution is -0.120. The predicted molar refractivity (Wildman–Crippen MR) is 63.1 cm³/mol. The van der Waals surface area contributed by atoms with Crippen molar-refractivity contribution in [2.75, 3.05) is 18.6 Å². The molecule has 1 amide bonds. The quantitative estimate of drug-likeness (QED) is 0.689. The summed E-state index contributed by atoms with van der Waals surface area (Å²) in [4.78, 5) is 12.9. The third-order valence-electron chi connectivity index (χ3n) is 2.16. The van der Waals surface area contributed by atoms with Gasteiger partial charge in [-0.25, -0.2) is 0 Å². The van der Waals surface area contributed by atoms with Crippen LogP contribution >= 0.6 is 39.1 Å². The number of nitrogens with zero attached hydrogens (tertiary/aromatic N) is 1. The van der Waals surface area contributed by atoms with Crippen molar-refractivity contribution < 1.29 is 9.53 Å². The smallest absolute Gasteiger partial charge is 0.264 e. The van der Waals surface area contributed by atoms with Crippen LogP contribution in [0.15, 0.2) is 10.5 Å². The van der Waals surface area contributed by atoms with Gasteiger partial charge in [0.1, 0.15) is 11.4 Å². The number of likely N-dealkylation sites (N-methyl/N-ethyl adjacent to an activating group) is 1. The average Bonchev–Trinajstić information content (AvgIpc) is 2.20. The van der Waals surface area contributed by atoms with Gasteiger partial charge in [-0.1, -0.05) is 23.2 Å². The summed E-state index contributed by atoms with van der Waals surface area (Å²) in [5, 5.41) is 0.842. The zero-order valence-electron chi connectivity index (χ0n) is 7.68. The third-order valence-corrected chi connectivity index (χ3v) is 4.11. The summed E-state index contributed by atoms with van der Waals surface area (Å²) < 4.78 is 5.81. The minimum atomic E-state index is -0.140. The number of hydrogen-bond donors (Lipinski definition) is 0. The molecule has 0 atom stereocenters. The molecule has 15 heavy (non-hydrogen) atoms. The third kappa shape index (κ3) is 1.71. The summed E-state index contributed by atoms with van der Waals surface area (Å²) in [7, 11) is 1.65. The normalized spacial score (nSPS) is 14.9. The Morgan fingerprint density at radius 2 is 2.20 bits per heavy atom. The number of rotatable bonds is 0. The summed E-state index contributed by atoms with van der Waals surface area (Å²) in [5.41, 5.74) is 0.546. The molecule has 0 N–H and O–H groups in total. The fourth-order valence-electron chi connectivity index (χ4n) is 1.35. The molecule has 0 saturated carbocycles. The molecule has 0 spiro atoms. The first kappa shape index (κ1) is 11.0. The number of carbonyl (C=O) groups is 1. The van der Waals surface area contributed by atoms with Gasteiger partial charge in [0.2, 0.25) is 0 Å². The molecule has 80 valence electrons. The van der Waals surface area contributed by atoms with Crippen LogP contribution in [-0.2, 0) is 4.79 Å². The number of halogens is 3. The Kier molecular flexibility index (Phi) is 2.83. The maximum Gasteiger partial charge on any atom is 0.264 e. The Hall–Kier alpha value is -0.450. The van der Waals surface area contributed by atoms with Crippen LogP contribution in [0.1, 0.15) is 0 Å². The zero-order chi connectivity index (χ0) is 11.2. The fourth-order valence-corrected chi connectivity index (χ4v) is 2.21. The summed E-state index contributed by atoms with van der Waals surface area (Å²) in [6.07, 6.45) is 0. The summed E-state index contributed by atoms with van der Waals surface area (Å²) in [6.45, 7) is 0.0117. The Balaban J connectivity index is 2.67. The molecule has 0 radical (unpaired) electrons. The minimum absolute atomic E-state index is 0.0117. The Morgan fingerprint density at radius 1 is 1.53 bits per heavy atom. The number of benzene rings is 1. The average molecular weight is 311 g/mol. The molecule has 0 fully saturated rings. The maximum absolute atomic E-state index is 11.4. The molecule has 0 aliphatic carbocycles. The van der Waals surface area contributed by atoms with E-state index in [1.54, 1.807) is 13.1 Å². The first-order chi connectivity index (χ1) is 7.02. The molecular weight excluding hydrogens is 305 g/mol. The number of fused-ring (bicyclic) bond motifs is 1. The Labute approximate surface area is 105 Å². The van der Waals surface area contributed by atoms with Crippen molar-refractivity contribution >= 4 is 50.7 Å². The van der Waals surface area contributed by atoms with E-state index in [4.69, 9.17) is 27.9 Å². The van der Waals surface area contributed by atoms with E-state index in [1.165, 1.54) is 4.90 Å². The largest absolute Gasteiger partial charge is 0.481 e. The van der Waals surface area contributed by atoms with E-state index in [0.29, 0.717) is 26.0 Å². The molecule has 1 aliphatic rings. The van der Waals surface area contributed by atoms with Crippen LogP contribution in [0.2, 0.25) is 10.0 Å². The van der Waals surface area contributed by atoms with Crippen LogP contribution in [0.25, 0.3) is 0 Å². The van der Waals surface area contributed by atoms with Gasteiger partial charge in [-0.3, -0.25) is 4.79 Å². The van der Waals surface area contributed by atoms with Gasteiger partial charge in [-0.05, 0) is 15.9 Å². The zero-order valence-corrected chi connectivity index (χ0v) is 10.8. The van der Waals surface area contributed by atoms with Gasteiger partial charge in [0.15, 0.2) is 6.61 Å². The summed E-state index contributed by atoms with van der Waals surface area (Å²) in [5.74, 6) is 0.383. The summed E-state index contributed by atoms with van der Waals surface area (Å²) >= 11 is 15.2. The van der Waals surface area contributed by atoms with E-state index in [0.717, 1.165) is 0 Å². The first-order valence-electron chi connectivity index (χ1n) is 4.09. The molecular formula is C9H6BrCl2NO2. The van der Waals surface area contributed by atoms with E-state index in [2.05, 4.69) is 15.9 Å². The molecule has 1 aromatic carbocycles. The van der Waals surface area contributed by atoms with Crippen molar-refractivity contribution in [1.29, 1.82) is 0 Å². The van der Waals surface area contributed by atoms with Crippen LogP contribution in [0.4, 0.5) is 5.69 Å². The van der Waals surface area contributed by atoms with Crippen molar-refractivity contribution in [1.82, 2.24) is 0 Å². The van der Waals surface area contributed by atoms with Gasteiger partial charge < -0.3 is 9.64 Å². The minimum Gasteiger partial charge on any atom is -0.481 e. The van der Waals surface area contributed by atoms with E-state index in [-0.39, 0.29) is 12.5 Å². The second kappa shape index (κ2) is 3.85. The standard InChI is InChI=1S/C9H6BrCl2NO2/c1-13-6(14)3-15-5-2-4(11)7(10)8(12)9(5)13/h2H,3H2,1H3. The maximum atomic E-state index is 11.4. The lowest BCUT2D eigenvalue weighted by Crippen LogP contribution is -2.35. The molecule has 2 rings (SSSR count). The van der Waals surface area contributed by atoms with Gasteiger partial charge >= 0.3 is 0 Å². The molecule has 1 heterocycles.